The molecule has 3 unspecified atom stereocenters. The van der Waals surface area contributed by atoms with E-state index in [4.69, 9.17) is 11.6 Å². The van der Waals surface area contributed by atoms with Gasteiger partial charge in [-0.3, -0.25) is 14.8 Å². The van der Waals surface area contributed by atoms with Gasteiger partial charge in [0.25, 0.3) is 0 Å². The van der Waals surface area contributed by atoms with Crippen molar-refractivity contribution in [1.82, 2.24) is 15.4 Å². The zero-order valence-corrected chi connectivity index (χ0v) is 17.2. The van der Waals surface area contributed by atoms with Crippen LogP contribution < -0.4 is 5.43 Å². The highest BCUT2D eigenvalue weighted by Gasteiger charge is 2.31. The molecule has 2 aromatic rings. The molecule has 1 amide bonds. The highest BCUT2D eigenvalue weighted by Crippen LogP contribution is 2.32. The van der Waals surface area contributed by atoms with Crippen LogP contribution in [0.25, 0.3) is 11.1 Å². The van der Waals surface area contributed by atoms with Crippen molar-refractivity contribution < 1.29 is 4.79 Å². The van der Waals surface area contributed by atoms with Crippen LogP contribution in [0, 0.1) is 11.8 Å². The molecule has 3 atom stereocenters. The SMILES string of the molecule is CC1CCN(NC2CCCC(Cc3ccc(-c4cccnc4)cc3Cl)C2)C1=O. The van der Waals surface area contributed by atoms with E-state index in [1.807, 2.05) is 24.2 Å². The second kappa shape index (κ2) is 8.62. The van der Waals surface area contributed by atoms with Crippen molar-refractivity contribution in [3.05, 3.63) is 53.3 Å². The molecule has 0 radical (unpaired) electrons. The average molecular weight is 398 g/mol. The van der Waals surface area contributed by atoms with E-state index in [2.05, 4.69) is 34.7 Å². The van der Waals surface area contributed by atoms with Crippen LogP contribution in [-0.2, 0) is 11.2 Å². The maximum atomic E-state index is 12.2. The van der Waals surface area contributed by atoms with Crippen molar-refractivity contribution in [3.63, 3.8) is 0 Å². The van der Waals surface area contributed by atoms with Crippen LogP contribution in [0.1, 0.15) is 44.6 Å². The Labute approximate surface area is 172 Å². The Morgan fingerprint density at radius 1 is 1.21 bits per heavy atom. The first kappa shape index (κ1) is 19.4. The molecule has 1 saturated carbocycles. The molecule has 4 nitrogen and oxygen atoms in total. The van der Waals surface area contributed by atoms with Crippen LogP contribution in [0.3, 0.4) is 0 Å². The van der Waals surface area contributed by atoms with Gasteiger partial charge in [-0.05, 0) is 54.9 Å². The number of carbonyl (C=O) groups excluding carboxylic acids is 1. The standard InChI is InChI=1S/C23H28ClN3O/c1-16-9-11-27(23(16)28)26-21-6-2-4-17(13-21)12-19-8-7-18(14-22(19)24)20-5-3-10-25-15-20/h3,5,7-8,10,14-17,21,26H,2,4,6,9,11-13H2,1H3. The van der Waals surface area contributed by atoms with Crippen molar-refractivity contribution >= 4 is 17.5 Å². The summed E-state index contributed by atoms with van der Waals surface area (Å²) in [5, 5.41) is 2.69. The Bertz CT molecular complexity index is 826. The highest BCUT2D eigenvalue weighted by atomic mass is 35.5. The zero-order valence-electron chi connectivity index (χ0n) is 16.4. The number of aromatic nitrogens is 1. The van der Waals surface area contributed by atoms with Crippen LogP contribution in [0.5, 0.6) is 0 Å². The maximum Gasteiger partial charge on any atom is 0.239 e. The van der Waals surface area contributed by atoms with Crippen LogP contribution in [0.4, 0.5) is 0 Å². The topological polar surface area (TPSA) is 45.2 Å². The van der Waals surface area contributed by atoms with E-state index in [1.165, 1.54) is 18.4 Å². The number of pyridine rings is 1. The second-order valence-electron chi connectivity index (χ2n) is 8.29. The first-order chi connectivity index (χ1) is 13.6. The van der Waals surface area contributed by atoms with Gasteiger partial charge in [0.15, 0.2) is 0 Å². The molecule has 4 rings (SSSR count). The van der Waals surface area contributed by atoms with E-state index in [-0.39, 0.29) is 11.8 Å². The van der Waals surface area contributed by atoms with Gasteiger partial charge in [0.05, 0.1) is 0 Å². The number of nitrogens with zero attached hydrogens (tertiary/aromatic N) is 2. The molecule has 28 heavy (non-hydrogen) atoms. The van der Waals surface area contributed by atoms with Gasteiger partial charge in [-0.2, -0.15) is 0 Å². The summed E-state index contributed by atoms with van der Waals surface area (Å²) in [5.74, 6) is 1.00. The summed E-state index contributed by atoms with van der Waals surface area (Å²) >= 11 is 6.62. The van der Waals surface area contributed by atoms with Crippen molar-refractivity contribution in [3.8, 4) is 11.1 Å². The van der Waals surface area contributed by atoms with Crippen molar-refractivity contribution in [1.29, 1.82) is 0 Å². The quantitative estimate of drug-likeness (QED) is 0.782. The molecule has 1 aliphatic carbocycles. The summed E-state index contributed by atoms with van der Waals surface area (Å²) in [6.45, 7) is 2.85. The third-order valence-electron chi connectivity index (χ3n) is 6.15. The Morgan fingerprint density at radius 3 is 2.82 bits per heavy atom. The molecule has 0 spiro atoms. The molecule has 2 fully saturated rings. The van der Waals surface area contributed by atoms with E-state index in [0.717, 1.165) is 48.4 Å². The lowest BCUT2D eigenvalue weighted by Crippen LogP contribution is -2.47. The monoisotopic (exact) mass is 397 g/mol. The number of benzene rings is 1. The fourth-order valence-electron chi connectivity index (χ4n) is 4.50. The zero-order chi connectivity index (χ0) is 19.5. The van der Waals surface area contributed by atoms with E-state index in [0.29, 0.717) is 12.0 Å². The molecule has 5 heteroatoms. The molecular formula is C23H28ClN3O. The van der Waals surface area contributed by atoms with Gasteiger partial charge in [-0.1, -0.05) is 49.6 Å². The number of hydrogen-bond donors (Lipinski definition) is 1. The average Bonchev–Trinajstić information content (AvgIpc) is 3.03. The van der Waals surface area contributed by atoms with Gasteiger partial charge >= 0.3 is 0 Å². The van der Waals surface area contributed by atoms with E-state index in [1.54, 1.807) is 6.20 Å². The first-order valence-electron chi connectivity index (χ1n) is 10.4. The largest absolute Gasteiger partial charge is 0.278 e. The molecule has 1 aromatic carbocycles. The number of hydrogen-bond acceptors (Lipinski definition) is 3. The summed E-state index contributed by atoms with van der Waals surface area (Å²) < 4.78 is 0. The Morgan fingerprint density at radius 2 is 2.11 bits per heavy atom. The highest BCUT2D eigenvalue weighted by molar-refractivity contribution is 6.31. The van der Waals surface area contributed by atoms with Crippen molar-refractivity contribution in [2.45, 2.75) is 51.5 Å². The fourth-order valence-corrected chi connectivity index (χ4v) is 4.76. The number of amides is 1. The maximum absolute atomic E-state index is 12.2. The van der Waals surface area contributed by atoms with Gasteiger partial charge in [0, 0.05) is 41.5 Å². The van der Waals surface area contributed by atoms with E-state index < -0.39 is 0 Å². The van der Waals surface area contributed by atoms with Gasteiger partial charge in [-0.25, -0.2) is 5.43 Å². The minimum Gasteiger partial charge on any atom is -0.278 e. The summed E-state index contributed by atoms with van der Waals surface area (Å²) in [6.07, 6.45) is 10.3. The number of halogens is 1. The van der Waals surface area contributed by atoms with Gasteiger partial charge in [0.1, 0.15) is 0 Å². The van der Waals surface area contributed by atoms with Gasteiger partial charge in [-0.15, -0.1) is 0 Å². The lowest BCUT2D eigenvalue weighted by atomic mass is 9.82. The van der Waals surface area contributed by atoms with Crippen molar-refractivity contribution in [2.75, 3.05) is 6.54 Å². The number of nitrogens with one attached hydrogen (secondary N) is 1. The number of carbonyl (C=O) groups is 1. The molecule has 148 valence electrons. The smallest absolute Gasteiger partial charge is 0.239 e. The summed E-state index contributed by atoms with van der Waals surface area (Å²) in [6, 6.07) is 10.7. The normalized spacial score (nSPS) is 25.3. The number of hydrazine groups is 1. The van der Waals surface area contributed by atoms with E-state index in [9.17, 15) is 4.79 Å². The first-order valence-corrected chi connectivity index (χ1v) is 10.7. The van der Waals surface area contributed by atoms with Crippen molar-refractivity contribution in [2.24, 2.45) is 11.8 Å². The van der Waals surface area contributed by atoms with Crippen LogP contribution in [0.15, 0.2) is 42.7 Å². The predicted octanol–water partition coefficient (Wildman–Crippen LogP) is 4.88. The second-order valence-corrected chi connectivity index (χ2v) is 8.70. The molecular weight excluding hydrogens is 370 g/mol. The molecule has 1 aliphatic heterocycles. The Balaban J connectivity index is 1.38. The van der Waals surface area contributed by atoms with Crippen LogP contribution in [0.2, 0.25) is 5.02 Å². The molecule has 1 aromatic heterocycles. The molecule has 2 aliphatic rings. The Kier molecular flexibility index (Phi) is 5.98. The summed E-state index contributed by atoms with van der Waals surface area (Å²) in [7, 11) is 0. The van der Waals surface area contributed by atoms with E-state index >= 15 is 0 Å². The molecule has 2 heterocycles. The number of rotatable bonds is 5. The predicted molar refractivity (Wildman–Crippen MR) is 113 cm³/mol. The molecule has 1 saturated heterocycles. The summed E-state index contributed by atoms with van der Waals surface area (Å²) in [5.41, 5.74) is 6.91. The third-order valence-corrected chi connectivity index (χ3v) is 6.50. The minimum atomic E-state index is 0.157. The Hall–Kier alpha value is -1.91. The lowest BCUT2D eigenvalue weighted by Gasteiger charge is -2.33. The summed E-state index contributed by atoms with van der Waals surface area (Å²) in [4.78, 5) is 16.4. The van der Waals surface area contributed by atoms with Gasteiger partial charge < -0.3 is 0 Å². The van der Waals surface area contributed by atoms with Gasteiger partial charge in [0.2, 0.25) is 5.91 Å². The third kappa shape index (κ3) is 4.39. The fraction of sp³-hybridized carbons (Fsp3) is 0.478. The molecule has 1 N–H and O–H groups in total. The minimum absolute atomic E-state index is 0.157. The van der Waals surface area contributed by atoms with Crippen LogP contribution >= 0.6 is 11.6 Å². The lowest BCUT2D eigenvalue weighted by molar-refractivity contribution is -0.134. The van der Waals surface area contributed by atoms with Crippen LogP contribution in [-0.4, -0.2) is 28.5 Å². The molecule has 0 bridgehead atoms.